The molecular weight excluding hydrogens is 258 g/mol. The Balaban J connectivity index is 3.33. The van der Waals surface area contributed by atoms with Crippen molar-refractivity contribution in [3.8, 4) is 23.3 Å². The number of nitrogens with zero attached hydrogens (tertiary/aromatic N) is 1. The van der Waals surface area contributed by atoms with Gasteiger partial charge in [0.2, 0.25) is 5.75 Å². The van der Waals surface area contributed by atoms with Gasteiger partial charge in [-0.25, -0.2) is 0 Å². The fraction of sp³-hybridized carbons (Fsp3) is 0.333. The summed E-state index contributed by atoms with van der Waals surface area (Å²) in [6.45, 7) is 3.46. The SMILES string of the molecule is COc1cc(/C=C(\C#N)C(=O)C(C)C)cc(OC)c1O. The van der Waals surface area contributed by atoms with Crippen LogP contribution in [-0.2, 0) is 4.79 Å². The zero-order valence-electron chi connectivity index (χ0n) is 11.9. The fourth-order valence-electron chi connectivity index (χ4n) is 1.63. The molecule has 1 aromatic rings. The molecular formula is C15H17NO4. The molecule has 1 aromatic carbocycles. The van der Waals surface area contributed by atoms with Crippen molar-refractivity contribution < 1.29 is 19.4 Å². The number of hydrogen-bond acceptors (Lipinski definition) is 5. The topological polar surface area (TPSA) is 79.5 Å². The van der Waals surface area contributed by atoms with Gasteiger partial charge in [0.15, 0.2) is 17.3 Å². The molecule has 0 saturated carbocycles. The molecule has 0 aliphatic rings. The molecule has 5 heteroatoms. The normalized spacial score (nSPS) is 11.1. The molecule has 1 rings (SSSR count). The number of ether oxygens (including phenoxy) is 2. The number of methoxy groups -OCH3 is 2. The van der Waals surface area contributed by atoms with Crippen LogP contribution in [0.3, 0.4) is 0 Å². The highest BCUT2D eigenvalue weighted by Crippen LogP contribution is 2.37. The van der Waals surface area contributed by atoms with Crippen LogP contribution < -0.4 is 9.47 Å². The lowest BCUT2D eigenvalue weighted by molar-refractivity contribution is -0.117. The highest BCUT2D eigenvalue weighted by Gasteiger charge is 2.15. The van der Waals surface area contributed by atoms with Crippen LogP contribution in [0.25, 0.3) is 6.08 Å². The predicted molar refractivity (Wildman–Crippen MR) is 74.6 cm³/mol. The highest BCUT2D eigenvalue weighted by molar-refractivity contribution is 6.04. The van der Waals surface area contributed by atoms with Crippen molar-refractivity contribution in [2.45, 2.75) is 13.8 Å². The lowest BCUT2D eigenvalue weighted by Crippen LogP contribution is -2.08. The Morgan fingerprint density at radius 2 is 1.80 bits per heavy atom. The van der Waals surface area contributed by atoms with Crippen LogP contribution in [0.5, 0.6) is 17.2 Å². The summed E-state index contributed by atoms with van der Waals surface area (Å²) >= 11 is 0. The number of rotatable bonds is 5. The van der Waals surface area contributed by atoms with Gasteiger partial charge in [0.05, 0.1) is 19.8 Å². The molecule has 1 N–H and O–H groups in total. The molecule has 5 nitrogen and oxygen atoms in total. The third-order valence-corrected chi connectivity index (χ3v) is 2.72. The van der Waals surface area contributed by atoms with Crippen molar-refractivity contribution in [1.29, 1.82) is 5.26 Å². The quantitative estimate of drug-likeness (QED) is 0.659. The molecule has 0 bridgehead atoms. The first kappa shape index (κ1) is 15.6. The average Bonchev–Trinajstić information content (AvgIpc) is 2.45. The zero-order valence-corrected chi connectivity index (χ0v) is 11.9. The van der Waals surface area contributed by atoms with Crippen LogP contribution in [0.1, 0.15) is 19.4 Å². The second-order valence-electron chi connectivity index (χ2n) is 4.46. The van der Waals surface area contributed by atoms with Crippen LogP contribution in [0.4, 0.5) is 0 Å². The summed E-state index contributed by atoms with van der Waals surface area (Å²) in [6.07, 6.45) is 1.45. The average molecular weight is 275 g/mol. The Kier molecular flexibility index (Phi) is 5.15. The maximum Gasteiger partial charge on any atom is 0.200 e. The number of aromatic hydroxyl groups is 1. The number of phenolic OH excluding ortho intramolecular Hbond substituents is 1. The second kappa shape index (κ2) is 6.62. The third-order valence-electron chi connectivity index (χ3n) is 2.72. The van der Waals surface area contributed by atoms with E-state index in [-0.39, 0.29) is 34.5 Å². The summed E-state index contributed by atoms with van der Waals surface area (Å²) in [5, 5.41) is 18.9. The number of benzene rings is 1. The first-order valence-electron chi connectivity index (χ1n) is 6.05. The number of nitriles is 1. The number of hydrogen-bond donors (Lipinski definition) is 1. The van der Waals surface area contributed by atoms with Gasteiger partial charge in [-0.2, -0.15) is 5.26 Å². The fourth-order valence-corrected chi connectivity index (χ4v) is 1.63. The molecule has 0 aliphatic heterocycles. The molecule has 0 saturated heterocycles. The van der Waals surface area contributed by atoms with Crippen LogP contribution in [0.2, 0.25) is 0 Å². The lowest BCUT2D eigenvalue weighted by atomic mass is 9.99. The second-order valence-corrected chi connectivity index (χ2v) is 4.46. The Bertz CT molecular complexity index is 557. The first-order valence-corrected chi connectivity index (χ1v) is 6.05. The minimum atomic E-state index is -0.262. The maximum absolute atomic E-state index is 11.9. The molecule has 0 amide bonds. The molecule has 20 heavy (non-hydrogen) atoms. The first-order chi connectivity index (χ1) is 9.44. The molecule has 0 aliphatic carbocycles. The van der Waals surface area contributed by atoms with Gasteiger partial charge in [0.1, 0.15) is 6.07 Å². The molecule has 0 aromatic heterocycles. The monoisotopic (exact) mass is 275 g/mol. The van der Waals surface area contributed by atoms with Crippen LogP contribution in [0.15, 0.2) is 17.7 Å². The predicted octanol–water partition coefficient (Wildman–Crippen LogP) is 2.54. The smallest absolute Gasteiger partial charge is 0.200 e. The van der Waals surface area contributed by atoms with Crippen molar-refractivity contribution >= 4 is 11.9 Å². The number of phenols is 1. The van der Waals surface area contributed by atoms with Crippen LogP contribution in [0, 0.1) is 17.2 Å². The van der Waals surface area contributed by atoms with Gasteiger partial charge in [-0.15, -0.1) is 0 Å². The largest absolute Gasteiger partial charge is 0.502 e. The number of allylic oxidation sites excluding steroid dienone is 1. The van der Waals surface area contributed by atoms with Gasteiger partial charge in [0.25, 0.3) is 0 Å². The van der Waals surface area contributed by atoms with E-state index >= 15 is 0 Å². The van der Waals surface area contributed by atoms with Crippen molar-refractivity contribution in [2.24, 2.45) is 5.92 Å². The van der Waals surface area contributed by atoms with Gasteiger partial charge in [0, 0.05) is 5.92 Å². The number of Topliss-reactive ketones (excluding diaryl/α,β-unsaturated/α-hetero) is 1. The Morgan fingerprint density at radius 1 is 1.30 bits per heavy atom. The van der Waals surface area contributed by atoms with E-state index in [0.717, 1.165) is 0 Å². The number of ketones is 1. The van der Waals surface area contributed by atoms with Crippen LogP contribution >= 0.6 is 0 Å². The highest BCUT2D eigenvalue weighted by atomic mass is 16.5. The van der Waals surface area contributed by atoms with Crippen molar-refractivity contribution in [2.75, 3.05) is 14.2 Å². The zero-order chi connectivity index (χ0) is 15.3. The van der Waals surface area contributed by atoms with Gasteiger partial charge in [-0.3, -0.25) is 4.79 Å². The van der Waals surface area contributed by atoms with Gasteiger partial charge < -0.3 is 14.6 Å². The van der Waals surface area contributed by atoms with E-state index in [0.29, 0.717) is 5.56 Å². The van der Waals surface area contributed by atoms with Crippen molar-refractivity contribution in [3.05, 3.63) is 23.3 Å². The summed E-state index contributed by atoms with van der Waals surface area (Å²) in [5.41, 5.74) is 0.594. The van der Waals surface area contributed by atoms with E-state index in [1.54, 1.807) is 13.8 Å². The van der Waals surface area contributed by atoms with E-state index in [1.807, 2.05) is 6.07 Å². The van der Waals surface area contributed by atoms with E-state index in [4.69, 9.17) is 14.7 Å². The van der Waals surface area contributed by atoms with E-state index in [1.165, 1.54) is 32.4 Å². The Labute approximate surface area is 118 Å². The maximum atomic E-state index is 11.9. The summed E-state index contributed by atoms with van der Waals surface area (Å²) in [7, 11) is 2.82. The summed E-state index contributed by atoms with van der Waals surface area (Å²) in [5.74, 6) is -0.198. The van der Waals surface area contributed by atoms with Gasteiger partial charge in [-0.1, -0.05) is 13.8 Å². The van der Waals surface area contributed by atoms with Crippen LogP contribution in [-0.4, -0.2) is 25.1 Å². The Hall–Kier alpha value is -2.48. The number of carbonyl (C=O) groups is 1. The van der Waals surface area contributed by atoms with E-state index < -0.39 is 0 Å². The minimum Gasteiger partial charge on any atom is -0.502 e. The van der Waals surface area contributed by atoms with Crippen molar-refractivity contribution in [3.63, 3.8) is 0 Å². The van der Waals surface area contributed by atoms with E-state index in [9.17, 15) is 9.90 Å². The van der Waals surface area contributed by atoms with E-state index in [2.05, 4.69) is 0 Å². The number of carbonyl (C=O) groups excluding carboxylic acids is 1. The molecule has 0 fully saturated rings. The lowest BCUT2D eigenvalue weighted by Gasteiger charge is -2.10. The summed E-state index contributed by atoms with van der Waals surface area (Å²) < 4.78 is 10.0. The van der Waals surface area contributed by atoms with Gasteiger partial charge in [-0.05, 0) is 23.8 Å². The minimum absolute atomic E-state index is 0.0507. The molecule has 0 spiro atoms. The molecule has 0 heterocycles. The standard InChI is InChI=1S/C15H17NO4/c1-9(2)14(17)11(8-16)5-10-6-12(19-3)15(18)13(7-10)20-4/h5-7,9,18H,1-4H3/b11-5+. The molecule has 106 valence electrons. The van der Waals surface area contributed by atoms with Gasteiger partial charge >= 0.3 is 0 Å². The molecule has 0 radical (unpaired) electrons. The third kappa shape index (κ3) is 3.29. The molecule has 0 unspecified atom stereocenters. The summed E-state index contributed by atoms with van der Waals surface area (Å²) in [6, 6.07) is 4.95. The Morgan fingerprint density at radius 3 is 2.15 bits per heavy atom. The summed E-state index contributed by atoms with van der Waals surface area (Å²) in [4.78, 5) is 11.9. The molecule has 0 atom stereocenters. The van der Waals surface area contributed by atoms with Crippen molar-refractivity contribution in [1.82, 2.24) is 0 Å².